The molecule has 1 aromatic carbocycles. The lowest BCUT2D eigenvalue weighted by Crippen LogP contribution is -2.20. The standard InChI is InChI=1S/C15H16FNO3/c1-3-9(2)17-10(8-14(19)20)7-13(18)11-5-4-6-12(16)15(11)17/h4-7,9H,3,8H2,1-2H3,(H,19,20). The van der Waals surface area contributed by atoms with Crippen molar-refractivity contribution in [3.8, 4) is 0 Å². The molecule has 1 aromatic heterocycles. The maximum absolute atomic E-state index is 14.1. The molecular weight excluding hydrogens is 261 g/mol. The highest BCUT2D eigenvalue weighted by atomic mass is 19.1. The molecule has 0 aliphatic heterocycles. The van der Waals surface area contributed by atoms with E-state index >= 15 is 0 Å². The minimum absolute atomic E-state index is 0.0932. The number of nitrogens with zero attached hydrogens (tertiary/aromatic N) is 1. The molecule has 0 spiro atoms. The Hall–Kier alpha value is -2.17. The summed E-state index contributed by atoms with van der Waals surface area (Å²) < 4.78 is 15.8. The van der Waals surface area contributed by atoms with Crippen molar-refractivity contribution in [1.29, 1.82) is 0 Å². The first-order valence-electron chi connectivity index (χ1n) is 6.50. The van der Waals surface area contributed by atoms with Crippen LogP contribution in [-0.2, 0) is 11.2 Å². The number of aromatic nitrogens is 1. The van der Waals surface area contributed by atoms with Crippen LogP contribution in [0.2, 0.25) is 0 Å². The van der Waals surface area contributed by atoms with E-state index in [1.165, 1.54) is 18.2 Å². The summed E-state index contributed by atoms with van der Waals surface area (Å²) in [6, 6.07) is 5.53. The molecule has 0 radical (unpaired) electrons. The van der Waals surface area contributed by atoms with Crippen molar-refractivity contribution in [2.24, 2.45) is 0 Å². The quantitative estimate of drug-likeness (QED) is 0.934. The van der Waals surface area contributed by atoms with Crippen LogP contribution in [0.5, 0.6) is 0 Å². The second-order valence-electron chi connectivity index (χ2n) is 4.83. The number of carboxylic acid groups (broad SMARTS) is 1. The third-order valence-electron chi connectivity index (χ3n) is 3.46. The Balaban J connectivity index is 2.89. The molecule has 0 fully saturated rings. The summed E-state index contributed by atoms with van der Waals surface area (Å²) in [6.45, 7) is 3.81. The smallest absolute Gasteiger partial charge is 0.309 e. The van der Waals surface area contributed by atoms with Gasteiger partial charge in [-0.25, -0.2) is 4.39 Å². The SMILES string of the molecule is CCC(C)n1c(CC(=O)O)cc(=O)c2cccc(F)c21. The van der Waals surface area contributed by atoms with Crippen molar-refractivity contribution >= 4 is 16.9 Å². The Morgan fingerprint density at radius 3 is 2.75 bits per heavy atom. The van der Waals surface area contributed by atoms with Crippen LogP contribution in [-0.4, -0.2) is 15.6 Å². The largest absolute Gasteiger partial charge is 0.481 e. The molecule has 106 valence electrons. The molecule has 1 unspecified atom stereocenters. The van der Waals surface area contributed by atoms with E-state index in [1.807, 2.05) is 13.8 Å². The third-order valence-corrected chi connectivity index (χ3v) is 3.46. The Kier molecular flexibility index (Phi) is 3.88. The maximum Gasteiger partial charge on any atom is 0.309 e. The van der Waals surface area contributed by atoms with Gasteiger partial charge in [-0.05, 0) is 25.5 Å². The van der Waals surface area contributed by atoms with Gasteiger partial charge in [-0.2, -0.15) is 0 Å². The summed E-state index contributed by atoms with van der Waals surface area (Å²) in [6.07, 6.45) is 0.406. The zero-order valence-corrected chi connectivity index (χ0v) is 11.4. The second kappa shape index (κ2) is 5.45. The topological polar surface area (TPSA) is 59.3 Å². The molecule has 5 heteroatoms. The summed E-state index contributed by atoms with van der Waals surface area (Å²) >= 11 is 0. The minimum atomic E-state index is -1.04. The molecule has 20 heavy (non-hydrogen) atoms. The maximum atomic E-state index is 14.1. The number of carboxylic acids is 1. The molecule has 1 heterocycles. The van der Waals surface area contributed by atoms with Gasteiger partial charge >= 0.3 is 5.97 Å². The predicted molar refractivity (Wildman–Crippen MR) is 74.5 cm³/mol. The second-order valence-corrected chi connectivity index (χ2v) is 4.83. The molecule has 0 aliphatic carbocycles. The monoisotopic (exact) mass is 277 g/mol. The summed E-state index contributed by atoms with van der Waals surface area (Å²) in [7, 11) is 0. The summed E-state index contributed by atoms with van der Waals surface area (Å²) in [4.78, 5) is 23.0. The third kappa shape index (κ3) is 2.43. The number of carbonyl (C=O) groups is 1. The number of rotatable bonds is 4. The van der Waals surface area contributed by atoms with Crippen molar-refractivity contribution in [2.75, 3.05) is 0 Å². The highest BCUT2D eigenvalue weighted by molar-refractivity contribution is 5.81. The average molecular weight is 277 g/mol. The van der Waals surface area contributed by atoms with Crippen molar-refractivity contribution in [3.05, 3.63) is 46.0 Å². The van der Waals surface area contributed by atoms with Crippen LogP contribution in [0.4, 0.5) is 4.39 Å². The van der Waals surface area contributed by atoms with E-state index in [0.717, 1.165) is 0 Å². The molecule has 0 aliphatic rings. The van der Waals surface area contributed by atoms with Crippen LogP contribution in [0.1, 0.15) is 32.0 Å². The van der Waals surface area contributed by atoms with Gasteiger partial charge in [0.25, 0.3) is 0 Å². The van der Waals surface area contributed by atoms with Crippen LogP contribution in [0, 0.1) is 5.82 Å². The molecule has 1 atom stereocenters. The van der Waals surface area contributed by atoms with Gasteiger partial charge in [0.1, 0.15) is 5.82 Å². The van der Waals surface area contributed by atoms with Crippen molar-refractivity contribution in [3.63, 3.8) is 0 Å². The van der Waals surface area contributed by atoms with Crippen LogP contribution in [0.25, 0.3) is 10.9 Å². The van der Waals surface area contributed by atoms with Crippen LogP contribution in [0.15, 0.2) is 29.1 Å². The summed E-state index contributed by atoms with van der Waals surface area (Å²) in [5, 5.41) is 9.25. The van der Waals surface area contributed by atoms with E-state index in [0.29, 0.717) is 12.1 Å². The van der Waals surface area contributed by atoms with Crippen molar-refractivity contribution in [1.82, 2.24) is 4.57 Å². The first-order chi connectivity index (χ1) is 9.45. The lowest BCUT2D eigenvalue weighted by Gasteiger charge is -2.21. The highest BCUT2D eigenvalue weighted by Gasteiger charge is 2.17. The number of pyridine rings is 1. The van der Waals surface area contributed by atoms with E-state index in [1.54, 1.807) is 10.6 Å². The van der Waals surface area contributed by atoms with Crippen molar-refractivity contribution in [2.45, 2.75) is 32.7 Å². The zero-order valence-electron chi connectivity index (χ0n) is 11.4. The Bertz CT molecular complexity index is 721. The van der Waals surface area contributed by atoms with Gasteiger partial charge in [0.15, 0.2) is 5.43 Å². The van der Waals surface area contributed by atoms with Crippen molar-refractivity contribution < 1.29 is 14.3 Å². The summed E-state index contributed by atoms with van der Waals surface area (Å²) in [5.74, 6) is -1.55. The van der Waals surface area contributed by atoms with Gasteiger partial charge in [-0.15, -0.1) is 0 Å². The molecule has 2 rings (SSSR count). The Morgan fingerprint density at radius 2 is 2.15 bits per heavy atom. The molecule has 1 N–H and O–H groups in total. The molecule has 4 nitrogen and oxygen atoms in total. The van der Waals surface area contributed by atoms with E-state index in [4.69, 9.17) is 5.11 Å². The van der Waals surface area contributed by atoms with E-state index in [2.05, 4.69) is 0 Å². The normalized spacial score (nSPS) is 12.6. The number of hydrogen-bond acceptors (Lipinski definition) is 2. The number of benzene rings is 1. The summed E-state index contributed by atoms with van der Waals surface area (Å²) in [5.41, 5.74) is 0.162. The Labute approximate surface area is 115 Å². The highest BCUT2D eigenvalue weighted by Crippen LogP contribution is 2.23. The fraction of sp³-hybridized carbons (Fsp3) is 0.333. The van der Waals surface area contributed by atoms with Gasteiger partial charge in [-0.3, -0.25) is 9.59 Å². The molecule has 0 amide bonds. The first-order valence-corrected chi connectivity index (χ1v) is 6.50. The molecule has 2 aromatic rings. The first kappa shape index (κ1) is 14.2. The van der Waals surface area contributed by atoms with Gasteiger partial charge in [-0.1, -0.05) is 13.0 Å². The lowest BCUT2D eigenvalue weighted by molar-refractivity contribution is -0.136. The number of fused-ring (bicyclic) bond motifs is 1. The Morgan fingerprint density at radius 1 is 1.45 bits per heavy atom. The minimum Gasteiger partial charge on any atom is -0.481 e. The number of halogens is 1. The van der Waals surface area contributed by atoms with Crippen LogP contribution >= 0.6 is 0 Å². The number of aliphatic carboxylic acids is 1. The molecular formula is C15H16FNO3. The predicted octanol–water partition coefficient (Wildman–Crippen LogP) is 2.74. The molecule has 0 saturated carbocycles. The zero-order chi connectivity index (χ0) is 14.9. The molecule has 0 bridgehead atoms. The van der Waals surface area contributed by atoms with Gasteiger partial charge in [0, 0.05) is 23.2 Å². The average Bonchev–Trinajstić information content (AvgIpc) is 2.38. The van der Waals surface area contributed by atoms with Gasteiger partial charge in [0.2, 0.25) is 0 Å². The number of para-hydroxylation sites is 1. The van der Waals surface area contributed by atoms with Gasteiger partial charge in [0.05, 0.1) is 11.9 Å². The van der Waals surface area contributed by atoms with Gasteiger partial charge < -0.3 is 9.67 Å². The van der Waals surface area contributed by atoms with Crippen LogP contribution < -0.4 is 5.43 Å². The fourth-order valence-electron chi connectivity index (χ4n) is 2.38. The van der Waals surface area contributed by atoms with Crippen LogP contribution in [0.3, 0.4) is 0 Å². The molecule has 0 saturated heterocycles. The van der Waals surface area contributed by atoms with E-state index in [-0.39, 0.29) is 28.8 Å². The number of hydrogen-bond donors (Lipinski definition) is 1. The van der Waals surface area contributed by atoms with E-state index < -0.39 is 11.8 Å². The lowest BCUT2D eigenvalue weighted by atomic mass is 10.1. The fourth-order valence-corrected chi connectivity index (χ4v) is 2.38. The van der Waals surface area contributed by atoms with E-state index in [9.17, 15) is 14.0 Å².